The number of aryl methyl sites for hydroxylation is 2. The van der Waals surface area contributed by atoms with Crippen molar-refractivity contribution in [2.75, 3.05) is 12.4 Å². The molecule has 0 atom stereocenters. The van der Waals surface area contributed by atoms with Crippen molar-refractivity contribution in [3.05, 3.63) is 94.3 Å². The fourth-order valence-corrected chi connectivity index (χ4v) is 3.00. The maximum atomic E-state index is 13.5. The van der Waals surface area contributed by atoms with Crippen LogP contribution in [0.5, 0.6) is 11.5 Å². The number of halogens is 1. The molecule has 0 saturated heterocycles. The molecule has 0 aliphatic carbocycles. The first-order valence-electron chi connectivity index (χ1n) is 9.95. The number of nitrogens with one attached hydrogen (secondary N) is 1. The molecule has 0 aliphatic heterocycles. The van der Waals surface area contributed by atoms with Crippen molar-refractivity contribution in [3.63, 3.8) is 0 Å². The SMILES string of the molecule is COc1ccc(/C=C(\C#N)C(=O)Nc2ccc(C)c(C)c2)c(OCc2cccc(F)c2)c1. The zero-order valence-corrected chi connectivity index (χ0v) is 18.1. The monoisotopic (exact) mass is 430 g/mol. The van der Waals surface area contributed by atoms with Gasteiger partial charge in [-0.1, -0.05) is 18.2 Å². The van der Waals surface area contributed by atoms with E-state index in [0.717, 1.165) is 11.1 Å². The predicted octanol–water partition coefficient (Wildman–Crippen LogP) is 5.58. The molecule has 0 aliphatic rings. The minimum absolute atomic E-state index is 0.0796. The van der Waals surface area contributed by atoms with Gasteiger partial charge in [0.15, 0.2) is 0 Å². The van der Waals surface area contributed by atoms with Gasteiger partial charge in [0, 0.05) is 17.3 Å². The van der Waals surface area contributed by atoms with Gasteiger partial charge < -0.3 is 14.8 Å². The summed E-state index contributed by atoms with van der Waals surface area (Å²) in [5, 5.41) is 12.3. The van der Waals surface area contributed by atoms with Gasteiger partial charge in [0.05, 0.1) is 7.11 Å². The highest BCUT2D eigenvalue weighted by Crippen LogP contribution is 2.28. The molecule has 5 nitrogen and oxygen atoms in total. The first-order chi connectivity index (χ1) is 15.4. The van der Waals surface area contributed by atoms with Crippen molar-refractivity contribution in [2.24, 2.45) is 0 Å². The second-order valence-corrected chi connectivity index (χ2v) is 7.25. The lowest BCUT2D eigenvalue weighted by molar-refractivity contribution is -0.112. The summed E-state index contributed by atoms with van der Waals surface area (Å²) in [5.41, 5.74) is 3.84. The number of amides is 1. The second-order valence-electron chi connectivity index (χ2n) is 7.25. The molecule has 1 N–H and O–H groups in total. The highest BCUT2D eigenvalue weighted by atomic mass is 19.1. The van der Waals surface area contributed by atoms with E-state index < -0.39 is 5.91 Å². The third-order valence-electron chi connectivity index (χ3n) is 4.93. The van der Waals surface area contributed by atoms with E-state index in [-0.39, 0.29) is 18.0 Å². The van der Waals surface area contributed by atoms with Crippen LogP contribution in [-0.2, 0) is 11.4 Å². The van der Waals surface area contributed by atoms with Gasteiger partial charge in [-0.05, 0) is 73.0 Å². The molecule has 0 radical (unpaired) electrons. The third-order valence-corrected chi connectivity index (χ3v) is 4.93. The molecular formula is C26H23FN2O3. The summed E-state index contributed by atoms with van der Waals surface area (Å²) in [7, 11) is 1.53. The number of ether oxygens (including phenoxy) is 2. The van der Waals surface area contributed by atoms with Gasteiger partial charge in [0.1, 0.15) is 35.6 Å². The predicted molar refractivity (Wildman–Crippen MR) is 122 cm³/mol. The first-order valence-corrected chi connectivity index (χ1v) is 9.95. The Hall–Kier alpha value is -4.11. The van der Waals surface area contributed by atoms with E-state index in [0.29, 0.717) is 28.3 Å². The summed E-state index contributed by atoms with van der Waals surface area (Å²) < 4.78 is 24.6. The molecule has 0 unspecified atom stereocenters. The number of hydrogen-bond donors (Lipinski definition) is 1. The van der Waals surface area contributed by atoms with Crippen molar-refractivity contribution in [1.29, 1.82) is 5.26 Å². The number of hydrogen-bond acceptors (Lipinski definition) is 4. The fourth-order valence-electron chi connectivity index (χ4n) is 3.00. The van der Waals surface area contributed by atoms with Crippen molar-refractivity contribution in [2.45, 2.75) is 20.5 Å². The van der Waals surface area contributed by atoms with Gasteiger partial charge in [-0.15, -0.1) is 0 Å². The largest absolute Gasteiger partial charge is 0.497 e. The number of carbonyl (C=O) groups is 1. The number of rotatable bonds is 7. The summed E-state index contributed by atoms with van der Waals surface area (Å²) in [6.07, 6.45) is 1.46. The molecular weight excluding hydrogens is 407 g/mol. The number of carbonyl (C=O) groups excluding carboxylic acids is 1. The topological polar surface area (TPSA) is 71.3 Å². The molecule has 162 valence electrons. The quantitative estimate of drug-likeness (QED) is 0.393. The molecule has 1 amide bonds. The molecule has 0 bridgehead atoms. The normalized spacial score (nSPS) is 10.9. The molecule has 0 fully saturated rings. The third kappa shape index (κ3) is 5.73. The van der Waals surface area contributed by atoms with Crippen LogP contribution in [0.3, 0.4) is 0 Å². The van der Waals surface area contributed by atoms with Crippen LogP contribution in [-0.4, -0.2) is 13.0 Å². The maximum absolute atomic E-state index is 13.5. The Kier molecular flexibility index (Phi) is 7.25. The van der Waals surface area contributed by atoms with Gasteiger partial charge in [-0.2, -0.15) is 5.26 Å². The number of nitrogens with zero attached hydrogens (tertiary/aromatic N) is 1. The lowest BCUT2D eigenvalue weighted by atomic mass is 10.1. The molecule has 3 rings (SSSR count). The fraction of sp³-hybridized carbons (Fsp3) is 0.154. The van der Waals surface area contributed by atoms with Crippen LogP contribution >= 0.6 is 0 Å². The lowest BCUT2D eigenvalue weighted by Crippen LogP contribution is -2.13. The van der Waals surface area contributed by atoms with Crippen LogP contribution in [0.1, 0.15) is 22.3 Å². The first kappa shape index (κ1) is 22.6. The lowest BCUT2D eigenvalue weighted by Gasteiger charge is -2.12. The molecule has 0 heterocycles. The smallest absolute Gasteiger partial charge is 0.266 e. The van der Waals surface area contributed by atoms with E-state index in [1.165, 1.54) is 25.3 Å². The summed E-state index contributed by atoms with van der Waals surface area (Å²) in [6.45, 7) is 4.05. The van der Waals surface area contributed by atoms with Crippen molar-refractivity contribution < 1.29 is 18.7 Å². The molecule has 3 aromatic carbocycles. The summed E-state index contributed by atoms with van der Waals surface area (Å²) in [5.74, 6) is 0.0733. The van der Waals surface area contributed by atoms with Gasteiger partial charge in [-0.25, -0.2) is 4.39 Å². The molecule has 32 heavy (non-hydrogen) atoms. The van der Waals surface area contributed by atoms with Gasteiger partial charge in [0.2, 0.25) is 0 Å². The Morgan fingerprint density at radius 3 is 2.59 bits per heavy atom. The van der Waals surface area contributed by atoms with E-state index in [1.54, 1.807) is 36.4 Å². The number of nitriles is 1. The van der Waals surface area contributed by atoms with Crippen LogP contribution in [0.25, 0.3) is 6.08 Å². The second kappa shape index (κ2) is 10.3. The Morgan fingerprint density at radius 1 is 1.09 bits per heavy atom. The summed E-state index contributed by atoms with van der Waals surface area (Å²) in [4.78, 5) is 12.7. The minimum atomic E-state index is -0.525. The molecule has 0 spiro atoms. The Labute approximate surface area is 186 Å². The van der Waals surface area contributed by atoms with E-state index in [1.807, 2.05) is 32.0 Å². The highest BCUT2D eigenvalue weighted by molar-refractivity contribution is 6.09. The Bertz CT molecular complexity index is 1210. The van der Waals surface area contributed by atoms with Crippen LogP contribution in [0, 0.1) is 31.0 Å². The number of benzene rings is 3. The van der Waals surface area contributed by atoms with E-state index in [9.17, 15) is 14.4 Å². The zero-order valence-electron chi connectivity index (χ0n) is 18.1. The summed E-state index contributed by atoms with van der Waals surface area (Å²) >= 11 is 0. The summed E-state index contributed by atoms with van der Waals surface area (Å²) in [6, 6.07) is 18.6. The van der Waals surface area contributed by atoms with Gasteiger partial charge in [-0.3, -0.25) is 4.79 Å². The van der Waals surface area contributed by atoms with Crippen molar-refractivity contribution >= 4 is 17.7 Å². The average Bonchev–Trinajstić information content (AvgIpc) is 2.78. The average molecular weight is 430 g/mol. The molecule has 0 saturated carbocycles. The Morgan fingerprint density at radius 2 is 1.91 bits per heavy atom. The standard InChI is InChI=1S/C26H23FN2O3/c1-17-7-9-23(11-18(17)2)29-26(30)21(15-28)13-20-8-10-24(31-3)14-25(20)32-16-19-5-4-6-22(27)12-19/h4-14H,16H2,1-3H3,(H,29,30)/b21-13+. The number of anilines is 1. The van der Waals surface area contributed by atoms with E-state index >= 15 is 0 Å². The van der Waals surface area contributed by atoms with Crippen LogP contribution in [0.15, 0.2) is 66.2 Å². The van der Waals surface area contributed by atoms with Gasteiger partial charge >= 0.3 is 0 Å². The van der Waals surface area contributed by atoms with Crippen LogP contribution in [0.2, 0.25) is 0 Å². The highest BCUT2D eigenvalue weighted by Gasteiger charge is 2.13. The molecule has 6 heteroatoms. The van der Waals surface area contributed by atoms with Crippen molar-refractivity contribution in [3.8, 4) is 17.6 Å². The van der Waals surface area contributed by atoms with E-state index in [4.69, 9.17) is 9.47 Å². The minimum Gasteiger partial charge on any atom is -0.497 e. The number of methoxy groups -OCH3 is 1. The molecule has 3 aromatic rings. The van der Waals surface area contributed by atoms with Crippen LogP contribution < -0.4 is 14.8 Å². The zero-order chi connectivity index (χ0) is 23.1. The molecule has 0 aromatic heterocycles. The maximum Gasteiger partial charge on any atom is 0.266 e. The van der Waals surface area contributed by atoms with E-state index in [2.05, 4.69) is 5.32 Å². The van der Waals surface area contributed by atoms with Crippen molar-refractivity contribution in [1.82, 2.24) is 0 Å². The van der Waals surface area contributed by atoms with Gasteiger partial charge in [0.25, 0.3) is 5.91 Å². The Balaban J connectivity index is 1.86. The van der Waals surface area contributed by atoms with Crippen LogP contribution in [0.4, 0.5) is 10.1 Å².